The summed E-state index contributed by atoms with van der Waals surface area (Å²) < 4.78 is 23.6. The minimum atomic E-state index is -3.19. The molecule has 1 fully saturated rings. The third kappa shape index (κ3) is 7.67. The van der Waals surface area contributed by atoms with Gasteiger partial charge in [-0.2, -0.15) is 0 Å². The summed E-state index contributed by atoms with van der Waals surface area (Å²) in [7, 11) is -1.42. The zero-order valence-corrected chi connectivity index (χ0v) is 22.6. The summed E-state index contributed by atoms with van der Waals surface area (Å²) in [6.07, 6.45) is 2.55. The second-order valence-corrected chi connectivity index (χ2v) is 11.3. The van der Waals surface area contributed by atoms with Crippen molar-refractivity contribution in [2.75, 3.05) is 32.9 Å². The fourth-order valence-corrected chi connectivity index (χ4v) is 5.17. The Bertz CT molecular complexity index is 830. The van der Waals surface area contributed by atoms with E-state index in [2.05, 4.69) is 48.2 Å². The number of nitrogens with zero attached hydrogens (tertiary/aromatic N) is 2. The van der Waals surface area contributed by atoms with E-state index in [0.717, 1.165) is 48.6 Å². The van der Waals surface area contributed by atoms with Crippen molar-refractivity contribution in [1.82, 2.24) is 15.5 Å². The summed E-state index contributed by atoms with van der Waals surface area (Å²) in [6, 6.07) is 5.45. The van der Waals surface area contributed by atoms with Gasteiger partial charge < -0.3 is 10.6 Å². The first-order valence-electron chi connectivity index (χ1n) is 10.4. The van der Waals surface area contributed by atoms with E-state index in [9.17, 15) is 8.42 Å². The molecule has 1 aliphatic rings. The third-order valence-electron chi connectivity index (χ3n) is 5.74. The summed E-state index contributed by atoms with van der Waals surface area (Å²) in [5.41, 5.74) is 1.83. The molecule has 0 aromatic heterocycles. The highest BCUT2D eigenvalue weighted by molar-refractivity contribution is 14.0. The molecule has 0 spiro atoms. The van der Waals surface area contributed by atoms with Gasteiger partial charge in [0.2, 0.25) is 0 Å². The number of halogens is 1. The smallest absolute Gasteiger partial charge is 0.191 e. The van der Waals surface area contributed by atoms with Gasteiger partial charge in [-0.15, -0.1) is 24.0 Å². The normalized spacial score (nSPS) is 21.1. The fourth-order valence-electron chi connectivity index (χ4n) is 4.21. The molecule has 1 aromatic rings. The molecule has 1 heterocycles. The molecule has 30 heavy (non-hydrogen) atoms. The predicted molar refractivity (Wildman–Crippen MR) is 137 cm³/mol. The molecule has 2 unspecified atom stereocenters. The lowest BCUT2D eigenvalue weighted by Gasteiger charge is -2.45. The van der Waals surface area contributed by atoms with Crippen LogP contribution in [0.15, 0.2) is 28.1 Å². The molecule has 8 heteroatoms. The number of aliphatic imine (C=N–C) groups is 1. The van der Waals surface area contributed by atoms with Crippen molar-refractivity contribution in [2.24, 2.45) is 16.8 Å². The van der Waals surface area contributed by atoms with E-state index < -0.39 is 9.84 Å². The third-order valence-corrected chi connectivity index (χ3v) is 6.99. The molecule has 172 valence electrons. The SMILES string of the molecule is CN=C(NCc1ccc(S(C)(=O)=O)c(C)c1)NCC(C)(C)N1CC(C)CC(C)C1.I. The average molecular weight is 551 g/mol. The van der Waals surface area contributed by atoms with Gasteiger partial charge in [0.05, 0.1) is 4.90 Å². The van der Waals surface area contributed by atoms with Crippen LogP contribution in [0, 0.1) is 18.8 Å². The van der Waals surface area contributed by atoms with Crippen molar-refractivity contribution in [1.29, 1.82) is 0 Å². The van der Waals surface area contributed by atoms with Crippen LogP contribution in [-0.4, -0.2) is 57.8 Å². The number of likely N-dealkylation sites (tertiary alicyclic amines) is 1. The number of guanidine groups is 1. The number of nitrogens with one attached hydrogen (secondary N) is 2. The van der Waals surface area contributed by atoms with Crippen LogP contribution in [0.4, 0.5) is 0 Å². The molecular formula is C22H39IN4O2S. The Hall–Kier alpha value is -0.870. The Balaban J connectivity index is 0.00000450. The molecule has 1 aromatic carbocycles. The number of aryl methyl sites for hydroxylation is 1. The highest BCUT2D eigenvalue weighted by Gasteiger charge is 2.32. The standard InChI is InChI=1S/C22H38N4O2S.HI/c1-16-10-17(2)14-26(13-16)22(4,5)15-25-21(23-6)24-12-19-8-9-20(18(3)11-19)29(7,27)28;/h8-9,11,16-17H,10,12-15H2,1-7H3,(H2,23,24,25);1H. The van der Waals surface area contributed by atoms with Crippen LogP contribution in [-0.2, 0) is 16.4 Å². The van der Waals surface area contributed by atoms with Gasteiger partial charge in [-0.1, -0.05) is 26.0 Å². The maximum atomic E-state index is 11.8. The summed E-state index contributed by atoms with van der Waals surface area (Å²) >= 11 is 0. The van der Waals surface area contributed by atoms with Gasteiger partial charge in [0.25, 0.3) is 0 Å². The van der Waals surface area contributed by atoms with Gasteiger partial charge in [0, 0.05) is 45.0 Å². The first-order valence-corrected chi connectivity index (χ1v) is 12.3. The summed E-state index contributed by atoms with van der Waals surface area (Å²) in [5, 5.41) is 6.79. The molecule has 0 aliphatic carbocycles. The fraction of sp³-hybridized carbons (Fsp3) is 0.682. The quantitative estimate of drug-likeness (QED) is 0.323. The van der Waals surface area contributed by atoms with Crippen molar-refractivity contribution in [3.8, 4) is 0 Å². The predicted octanol–water partition coefficient (Wildman–Crippen LogP) is 3.44. The number of benzene rings is 1. The zero-order chi connectivity index (χ0) is 21.8. The van der Waals surface area contributed by atoms with Crippen molar-refractivity contribution in [3.05, 3.63) is 29.3 Å². The number of rotatable bonds is 6. The van der Waals surface area contributed by atoms with Crippen molar-refractivity contribution < 1.29 is 8.42 Å². The van der Waals surface area contributed by atoms with Crippen LogP contribution >= 0.6 is 24.0 Å². The summed E-state index contributed by atoms with van der Waals surface area (Å²) in [4.78, 5) is 7.31. The minimum absolute atomic E-state index is 0. The van der Waals surface area contributed by atoms with Gasteiger partial charge >= 0.3 is 0 Å². The van der Waals surface area contributed by atoms with Crippen LogP contribution in [0.25, 0.3) is 0 Å². The second kappa shape index (κ2) is 11.1. The highest BCUT2D eigenvalue weighted by Crippen LogP contribution is 2.26. The molecular weight excluding hydrogens is 511 g/mol. The zero-order valence-electron chi connectivity index (χ0n) is 19.4. The van der Waals surface area contributed by atoms with Crippen molar-refractivity contribution in [2.45, 2.75) is 58.0 Å². The minimum Gasteiger partial charge on any atom is -0.355 e. The van der Waals surface area contributed by atoms with Crippen molar-refractivity contribution >= 4 is 39.8 Å². The molecule has 2 atom stereocenters. The van der Waals surface area contributed by atoms with Gasteiger partial charge in [-0.3, -0.25) is 9.89 Å². The molecule has 1 aliphatic heterocycles. The van der Waals surface area contributed by atoms with E-state index in [-0.39, 0.29) is 29.5 Å². The van der Waals surface area contributed by atoms with E-state index >= 15 is 0 Å². The van der Waals surface area contributed by atoms with E-state index in [1.165, 1.54) is 12.7 Å². The van der Waals surface area contributed by atoms with Crippen LogP contribution in [0.1, 0.15) is 45.2 Å². The Morgan fingerprint density at radius 2 is 1.80 bits per heavy atom. The van der Waals surface area contributed by atoms with E-state index in [1.54, 1.807) is 13.1 Å². The molecule has 2 rings (SSSR count). The number of hydrogen-bond donors (Lipinski definition) is 2. The first kappa shape index (κ1) is 27.2. The largest absolute Gasteiger partial charge is 0.355 e. The second-order valence-electron chi connectivity index (χ2n) is 9.31. The summed E-state index contributed by atoms with van der Waals surface area (Å²) in [6.45, 7) is 14.7. The monoisotopic (exact) mass is 550 g/mol. The van der Waals surface area contributed by atoms with Crippen molar-refractivity contribution in [3.63, 3.8) is 0 Å². The number of sulfone groups is 1. The molecule has 0 saturated carbocycles. The molecule has 1 saturated heterocycles. The van der Waals surface area contributed by atoms with Gasteiger partial charge in [0.1, 0.15) is 0 Å². The molecule has 0 bridgehead atoms. The Kier molecular flexibility index (Phi) is 10.1. The molecule has 0 amide bonds. The number of hydrogen-bond acceptors (Lipinski definition) is 4. The van der Waals surface area contributed by atoms with Gasteiger partial charge in [-0.25, -0.2) is 8.42 Å². The molecule has 6 nitrogen and oxygen atoms in total. The highest BCUT2D eigenvalue weighted by atomic mass is 127. The number of piperidine rings is 1. The lowest BCUT2D eigenvalue weighted by atomic mass is 9.88. The summed E-state index contributed by atoms with van der Waals surface area (Å²) in [5.74, 6) is 2.21. The van der Waals surface area contributed by atoms with Gasteiger partial charge in [0.15, 0.2) is 15.8 Å². The van der Waals surface area contributed by atoms with E-state index in [1.807, 2.05) is 19.1 Å². The van der Waals surface area contributed by atoms with Crippen LogP contribution in [0.2, 0.25) is 0 Å². The molecule has 0 radical (unpaired) electrons. The first-order chi connectivity index (χ1) is 13.4. The Morgan fingerprint density at radius 1 is 1.20 bits per heavy atom. The Morgan fingerprint density at radius 3 is 2.30 bits per heavy atom. The van der Waals surface area contributed by atoms with E-state index in [4.69, 9.17) is 0 Å². The van der Waals surface area contributed by atoms with Crippen LogP contribution in [0.3, 0.4) is 0 Å². The maximum Gasteiger partial charge on any atom is 0.191 e. The van der Waals surface area contributed by atoms with Crippen LogP contribution in [0.5, 0.6) is 0 Å². The maximum absolute atomic E-state index is 11.8. The topological polar surface area (TPSA) is 73.8 Å². The Labute approximate surface area is 200 Å². The molecule has 2 N–H and O–H groups in total. The lowest BCUT2D eigenvalue weighted by Crippen LogP contribution is -2.57. The van der Waals surface area contributed by atoms with E-state index in [0.29, 0.717) is 11.4 Å². The van der Waals surface area contributed by atoms with Gasteiger partial charge in [-0.05, 0) is 56.2 Å². The lowest BCUT2D eigenvalue weighted by molar-refractivity contribution is 0.0483. The van der Waals surface area contributed by atoms with Crippen LogP contribution < -0.4 is 10.6 Å². The average Bonchev–Trinajstić information content (AvgIpc) is 2.60.